The first kappa shape index (κ1) is 20.4. The molecule has 0 radical (unpaired) electrons. The molecule has 3 aromatic carbocycles. The molecule has 0 N–H and O–H groups in total. The van der Waals surface area contributed by atoms with Crippen LogP contribution in [-0.2, 0) is 13.6 Å². The summed E-state index contributed by atoms with van der Waals surface area (Å²) in [5.41, 5.74) is 0. The van der Waals surface area contributed by atoms with E-state index in [1.54, 1.807) is 0 Å². The van der Waals surface area contributed by atoms with Crippen LogP contribution in [0.15, 0.2) is 48.5 Å². The maximum absolute atomic E-state index is 6.58. The molecular weight excluding hydrogens is 387 g/mol. The molecule has 0 atom stereocenters. The fourth-order valence-corrected chi connectivity index (χ4v) is 7.28. The summed E-state index contributed by atoms with van der Waals surface area (Å²) in [5, 5.41) is 4.06. The average Bonchev–Trinajstić information content (AvgIpc) is 2.95. The van der Waals surface area contributed by atoms with Gasteiger partial charge in [-0.2, -0.15) is 0 Å². The van der Waals surface area contributed by atoms with E-state index in [1.165, 1.54) is 0 Å². The first-order valence-corrected chi connectivity index (χ1v) is 12.0. The Balaban J connectivity index is 2.03. The van der Waals surface area contributed by atoms with Gasteiger partial charge in [0, 0.05) is 0 Å². The Morgan fingerprint density at radius 1 is 0.552 bits per heavy atom. The Bertz CT molecular complexity index is 962. The normalized spacial score (nSPS) is 18.6. The van der Waals surface area contributed by atoms with Crippen LogP contribution in [0.2, 0.25) is 0 Å². The van der Waals surface area contributed by atoms with Crippen LogP contribution < -0.4 is 9.05 Å². The van der Waals surface area contributed by atoms with Crippen LogP contribution >= 0.6 is 7.74 Å². The van der Waals surface area contributed by atoms with Gasteiger partial charge < -0.3 is 0 Å². The number of hydrogen-bond acceptors (Lipinski definition) is 5. The monoisotopic (exact) mass is 416 g/mol. The molecule has 0 spiro atoms. The second kappa shape index (κ2) is 7.10. The Hall–Kier alpha value is -1.91. The summed E-state index contributed by atoms with van der Waals surface area (Å²) in [4.78, 5) is 0. The molecule has 5 nitrogen and oxygen atoms in total. The third kappa shape index (κ3) is 3.47. The number of hydrogen-bond donors (Lipinski definition) is 0. The Morgan fingerprint density at radius 3 is 1.17 bits per heavy atom. The zero-order chi connectivity index (χ0) is 20.8. The van der Waals surface area contributed by atoms with E-state index in [1.807, 2.05) is 77.9 Å². The topological polar surface area (TPSA) is 46.2 Å². The van der Waals surface area contributed by atoms with E-state index >= 15 is 0 Å². The summed E-state index contributed by atoms with van der Waals surface area (Å²) >= 11 is 0. The molecule has 0 aromatic heterocycles. The molecule has 0 bridgehead atoms. The van der Waals surface area contributed by atoms with E-state index in [-0.39, 0.29) is 18.3 Å². The van der Waals surface area contributed by atoms with Gasteiger partial charge in [-0.3, -0.25) is 0 Å². The maximum atomic E-state index is 6.58. The molecular formula is C23H29O5P. The summed E-state index contributed by atoms with van der Waals surface area (Å²) in [6.07, 6.45) is -0.675. The van der Waals surface area contributed by atoms with E-state index in [2.05, 4.69) is 12.1 Å². The summed E-state index contributed by atoms with van der Waals surface area (Å²) in [5.74, 6) is 1.22. The zero-order valence-corrected chi connectivity index (χ0v) is 18.7. The summed E-state index contributed by atoms with van der Waals surface area (Å²) < 4.78 is 32.1. The van der Waals surface area contributed by atoms with Crippen molar-refractivity contribution in [3.63, 3.8) is 0 Å². The molecule has 156 valence electrons. The fourth-order valence-electron chi connectivity index (χ4n) is 3.81. The SMILES string of the molecule is CC(C)OP1(OC(C)C)(OC(C)C)Oc2c(c3ccccc3c3ccccc23)O1. The molecule has 0 fully saturated rings. The van der Waals surface area contributed by atoms with Gasteiger partial charge in [0.15, 0.2) is 0 Å². The number of fused-ring (bicyclic) bond motifs is 6. The first-order valence-electron chi connectivity index (χ1n) is 10.1. The third-order valence-electron chi connectivity index (χ3n) is 4.47. The van der Waals surface area contributed by atoms with Gasteiger partial charge in [0.25, 0.3) is 0 Å². The molecule has 0 saturated heterocycles. The van der Waals surface area contributed by atoms with E-state index in [9.17, 15) is 0 Å². The van der Waals surface area contributed by atoms with Crippen molar-refractivity contribution < 1.29 is 22.6 Å². The zero-order valence-electron chi connectivity index (χ0n) is 17.8. The predicted octanol–water partition coefficient (Wildman–Crippen LogP) is 7.17. The molecule has 1 aliphatic heterocycles. The molecule has 4 rings (SSSR count). The van der Waals surface area contributed by atoms with Gasteiger partial charge >= 0.3 is 172 Å². The molecule has 1 heterocycles. The Morgan fingerprint density at radius 2 is 0.862 bits per heavy atom. The second-order valence-corrected chi connectivity index (χ2v) is 10.6. The van der Waals surface area contributed by atoms with Crippen molar-refractivity contribution in [2.75, 3.05) is 0 Å². The van der Waals surface area contributed by atoms with Crippen molar-refractivity contribution >= 4 is 29.3 Å². The number of benzene rings is 3. The van der Waals surface area contributed by atoms with Crippen molar-refractivity contribution in [1.82, 2.24) is 0 Å². The van der Waals surface area contributed by atoms with Crippen LogP contribution in [0.4, 0.5) is 0 Å². The van der Waals surface area contributed by atoms with Crippen LogP contribution in [-0.4, -0.2) is 18.3 Å². The third-order valence-corrected chi connectivity index (χ3v) is 7.73. The van der Waals surface area contributed by atoms with Gasteiger partial charge in [0.2, 0.25) is 0 Å². The Labute approximate surface area is 172 Å². The van der Waals surface area contributed by atoms with E-state index in [0.29, 0.717) is 11.5 Å². The van der Waals surface area contributed by atoms with Crippen LogP contribution in [0.1, 0.15) is 41.5 Å². The molecule has 3 aromatic rings. The molecule has 0 aliphatic carbocycles. The van der Waals surface area contributed by atoms with Gasteiger partial charge in [-0.05, 0) is 0 Å². The predicted molar refractivity (Wildman–Crippen MR) is 118 cm³/mol. The van der Waals surface area contributed by atoms with Crippen molar-refractivity contribution in [3.8, 4) is 11.5 Å². The van der Waals surface area contributed by atoms with Crippen molar-refractivity contribution in [2.45, 2.75) is 59.9 Å². The van der Waals surface area contributed by atoms with Crippen LogP contribution in [0.5, 0.6) is 11.5 Å². The minimum atomic E-state index is -4.41. The number of rotatable bonds is 6. The average molecular weight is 416 g/mol. The van der Waals surface area contributed by atoms with Crippen LogP contribution in [0.3, 0.4) is 0 Å². The summed E-state index contributed by atoms with van der Waals surface area (Å²) in [6, 6.07) is 16.3. The quantitative estimate of drug-likeness (QED) is 0.315. The summed E-state index contributed by atoms with van der Waals surface area (Å²) in [7, 11) is -4.41. The van der Waals surface area contributed by atoms with Crippen LogP contribution in [0.25, 0.3) is 21.5 Å². The van der Waals surface area contributed by atoms with E-state index in [0.717, 1.165) is 21.5 Å². The van der Waals surface area contributed by atoms with E-state index < -0.39 is 7.74 Å². The Kier molecular flexibility index (Phi) is 4.99. The van der Waals surface area contributed by atoms with Gasteiger partial charge in [0.1, 0.15) is 0 Å². The van der Waals surface area contributed by atoms with Crippen LogP contribution in [0, 0.1) is 0 Å². The molecule has 0 amide bonds. The second-order valence-electron chi connectivity index (χ2n) is 8.14. The van der Waals surface area contributed by atoms with Gasteiger partial charge in [0.05, 0.1) is 0 Å². The molecule has 0 unspecified atom stereocenters. The molecule has 6 heteroatoms. The van der Waals surface area contributed by atoms with Crippen molar-refractivity contribution in [3.05, 3.63) is 48.5 Å². The fraction of sp³-hybridized carbons (Fsp3) is 0.391. The van der Waals surface area contributed by atoms with E-state index in [4.69, 9.17) is 22.6 Å². The van der Waals surface area contributed by atoms with Crippen molar-refractivity contribution in [2.24, 2.45) is 0 Å². The van der Waals surface area contributed by atoms with Gasteiger partial charge in [-0.15, -0.1) is 0 Å². The summed E-state index contributed by atoms with van der Waals surface area (Å²) in [6.45, 7) is 11.5. The van der Waals surface area contributed by atoms with Crippen molar-refractivity contribution in [1.29, 1.82) is 0 Å². The van der Waals surface area contributed by atoms with Gasteiger partial charge in [-0.25, -0.2) is 0 Å². The minimum absolute atomic E-state index is 0.225. The molecule has 1 aliphatic rings. The first-order chi connectivity index (χ1) is 13.7. The van der Waals surface area contributed by atoms with Gasteiger partial charge in [-0.1, -0.05) is 0 Å². The molecule has 0 saturated carbocycles. The molecule has 29 heavy (non-hydrogen) atoms. The standard InChI is InChI=1S/C23H29O5P/c1-15(2)24-29(25-16(3)4,26-17(5)6)27-22-20-13-9-7-11-18(20)19-12-8-10-14-21(19)23(22)28-29/h7-17H,1-6H3.